The highest BCUT2D eigenvalue weighted by atomic mass is 32.1. The van der Waals surface area contributed by atoms with Crippen molar-refractivity contribution < 1.29 is 9.53 Å². The lowest BCUT2D eigenvalue weighted by molar-refractivity contribution is 0.103. The molecule has 0 saturated carbocycles. The maximum Gasteiger partial charge on any atom is 0.267 e. The number of methoxy groups -OCH3 is 1. The summed E-state index contributed by atoms with van der Waals surface area (Å²) in [5.41, 5.74) is 1.80. The Morgan fingerprint density at radius 1 is 1.47 bits per heavy atom. The summed E-state index contributed by atoms with van der Waals surface area (Å²) in [7, 11) is 1.65. The van der Waals surface area contributed by atoms with Crippen molar-refractivity contribution in [1.82, 2.24) is 4.98 Å². The van der Waals surface area contributed by atoms with E-state index in [-0.39, 0.29) is 5.91 Å². The normalized spacial score (nSPS) is 10.4. The Balaban J connectivity index is 2.07. The summed E-state index contributed by atoms with van der Waals surface area (Å²) in [6.07, 6.45) is 2.47. The van der Waals surface area contributed by atoms with Gasteiger partial charge in [0, 0.05) is 12.8 Å². The second-order valence-corrected chi connectivity index (χ2v) is 5.17. The van der Waals surface area contributed by atoms with Crippen LogP contribution in [0.1, 0.15) is 27.2 Å². The zero-order valence-corrected chi connectivity index (χ0v) is 11.8. The van der Waals surface area contributed by atoms with E-state index < -0.39 is 0 Å². The van der Waals surface area contributed by atoms with E-state index in [1.807, 2.05) is 31.2 Å². The molecular weight excluding hydrogens is 260 g/mol. The maximum absolute atomic E-state index is 12.0. The van der Waals surface area contributed by atoms with Crippen LogP contribution in [0, 0.1) is 0 Å². The smallest absolute Gasteiger partial charge is 0.267 e. The number of carbonyl (C=O) groups is 1. The van der Waals surface area contributed by atoms with Crippen LogP contribution in [0.3, 0.4) is 0 Å². The van der Waals surface area contributed by atoms with E-state index in [9.17, 15) is 4.79 Å². The lowest BCUT2D eigenvalue weighted by atomic mass is 10.2. The van der Waals surface area contributed by atoms with Gasteiger partial charge in [0.15, 0.2) is 0 Å². The third-order valence-electron chi connectivity index (χ3n) is 2.58. The Labute approximate surface area is 116 Å². The van der Waals surface area contributed by atoms with Crippen molar-refractivity contribution in [3.8, 4) is 0 Å². The van der Waals surface area contributed by atoms with E-state index in [2.05, 4.69) is 10.3 Å². The van der Waals surface area contributed by atoms with Gasteiger partial charge in [-0.1, -0.05) is 19.1 Å². The molecular formula is C14H16N2O2S. The van der Waals surface area contributed by atoms with Gasteiger partial charge < -0.3 is 10.1 Å². The van der Waals surface area contributed by atoms with Gasteiger partial charge in [-0.25, -0.2) is 4.98 Å². The van der Waals surface area contributed by atoms with E-state index in [4.69, 9.17) is 4.74 Å². The van der Waals surface area contributed by atoms with E-state index >= 15 is 0 Å². The molecule has 1 aromatic carbocycles. The van der Waals surface area contributed by atoms with Crippen molar-refractivity contribution >= 4 is 22.9 Å². The van der Waals surface area contributed by atoms with E-state index in [0.29, 0.717) is 11.5 Å². The monoisotopic (exact) mass is 276 g/mol. The van der Waals surface area contributed by atoms with E-state index in [1.165, 1.54) is 11.3 Å². The Kier molecular flexibility index (Phi) is 4.65. The second kappa shape index (κ2) is 6.45. The van der Waals surface area contributed by atoms with Gasteiger partial charge in [0.2, 0.25) is 0 Å². The van der Waals surface area contributed by atoms with Crippen LogP contribution in [0.25, 0.3) is 0 Å². The number of amides is 1. The number of thiazole rings is 1. The van der Waals surface area contributed by atoms with E-state index in [1.54, 1.807) is 13.3 Å². The van der Waals surface area contributed by atoms with Crippen molar-refractivity contribution in [2.45, 2.75) is 20.0 Å². The zero-order valence-electron chi connectivity index (χ0n) is 11.0. The van der Waals surface area contributed by atoms with Gasteiger partial charge in [0.05, 0.1) is 17.8 Å². The summed E-state index contributed by atoms with van der Waals surface area (Å²) in [4.78, 5) is 16.9. The highest BCUT2D eigenvalue weighted by Gasteiger charge is 2.10. The quantitative estimate of drug-likeness (QED) is 0.913. The number of rotatable bonds is 5. The molecule has 2 aromatic rings. The molecule has 0 spiro atoms. The van der Waals surface area contributed by atoms with Gasteiger partial charge in [-0.3, -0.25) is 4.79 Å². The zero-order chi connectivity index (χ0) is 13.7. The van der Waals surface area contributed by atoms with Crippen LogP contribution in [0.2, 0.25) is 0 Å². The number of anilines is 1. The minimum Gasteiger partial charge on any atom is -0.380 e. The minimum absolute atomic E-state index is 0.119. The molecule has 0 atom stereocenters. The number of aryl methyl sites for hydroxylation is 1. The summed E-state index contributed by atoms with van der Waals surface area (Å²) in [6, 6.07) is 7.62. The van der Waals surface area contributed by atoms with Gasteiger partial charge in [0.1, 0.15) is 4.88 Å². The molecule has 1 N–H and O–H groups in total. The molecule has 0 fully saturated rings. The lowest BCUT2D eigenvalue weighted by Crippen LogP contribution is -2.10. The predicted molar refractivity (Wildman–Crippen MR) is 76.6 cm³/mol. The molecule has 1 aromatic heterocycles. The molecule has 2 rings (SSSR count). The number of aromatic nitrogens is 1. The Morgan fingerprint density at radius 3 is 3.00 bits per heavy atom. The fourth-order valence-corrected chi connectivity index (χ4v) is 2.43. The summed E-state index contributed by atoms with van der Waals surface area (Å²) in [5, 5.41) is 3.84. The first kappa shape index (κ1) is 13.7. The molecule has 0 saturated heterocycles. The molecule has 0 aliphatic heterocycles. The number of carbonyl (C=O) groups excluding carboxylic acids is 1. The molecule has 1 heterocycles. The summed E-state index contributed by atoms with van der Waals surface area (Å²) < 4.78 is 5.07. The number of hydrogen-bond acceptors (Lipinski definition) is 4. The van der Waals surface area contributed by atoms with Crippen LogP contribution in [-0.4, -0.2) is 18.0 Å². The molecule has 100 valence electrons. The number of ether oxygens (including phenoxy) is 1. The first-order valence-corrected chi connectivity index (χ1v) is 6.88. The Hall–Kier alpha value is -1.72. The largest absolute Gasteiger partial charge is 0.380 e. The molecule has 0 aliphatic rings. The average molecular weight is 276 g/mol. The summed E-state index contributed by atoms with van der Waals surface area (Å²) in [6.45, 7) is 2.55. The Bertz CT molecular complexity index is 566. The third-order valence-corrected chi connectivity index (χ3v) is 3.72. The van der Waals surface area contributed by atoms with Gasteiger partial charge in [0.25, 0.3) is 5.91 Å². The lowest BCUT2D eigenvalue weighted by Gasteiger charge is -2.05. The average Bonchev–Trinajstić information content (AvgIpc) is 2.88. The van der Waals surface area contributed by atoms with Gasteiger partial charge >= 0.3 is 0 Å². The molecule has 19 heavy (non-hydrogen) atoms. The fraction of sp³-hybridized carbons (Fsp3) is 0.286. The standard InChI is InChI=1S/C14H16N2O2S/c1-3-13-15-8-12(19-13)14(17)16-11-6-4-5-10(7-11)9-18-2/h4-8H,3,9H2,1-2H3,(H,16,17). The number of hydrogen-bond donors (Lipinski definition) is 1. The van der Waals surface area contributed by atoms with Crippen LogP contribution in [0.15, 0.2) is 30.5 Å². The minimum atomic E-state index is -0.119. The molecule has 0 bridgehead atoms. The SMILES string of the molecule is CCc1ncc(C(=O)Nc2cccc(COC)c2)s1. The van der Waals surface area contributed by atoms with E-state index in [0.717, 1.165) is 22.7 Å². The summed E-state index contributed by atoms with van der Waals surface area (Å²) in [5.74, 6) is -0.119. The third kappa shape index (κ3) is 3.62. The predicted octanol–water partition coefficient (Wildman–Crippen LogP) is 3.10. The van der Waals surface area contributed by atoms with Crippen molar-refractivity contribution in [2.24, 2.45) is 0 Å². The Morgan fingerprint density at radius 2 is 2.32 bits per heavy atom. The first-order valence-electron chi connectivity index (χ1n) is 6.07. The highest BCUT2D eigenvalue weighted by Crippen LogP contribution is 2.17. The maximum atomic E-state index is 12.0. The fourth-order valence-electron chi connectivity index (χ4n) is 1.68. The molecule has 4 nitrogen and oxygen atoms in total. The molecule has 0 aliphatic carbocycles. The van der Waals surface area contributed by atoms with Crippen molar-refractivity contribution in [2.75, 3.05) is 12.4 Å². The second-order valence-electron chi connectivity index (χ2n) is 4.06. The van der Waals surface area contributed by atoms with Gasteiger partial charge in [-0.15, -0.1) is 11.3 Å². The van der Waals surface area contributed by atoms with Crippen LogP contribution in [0.5, 0.6) is 0 Å². The molecule has 0 radical (unpaired) electrons. The summed E-state index contributed by atoms with van der Waals surface area (Å²) >= 11 is 1.43. The van der Waals surface area contributed by atoms with Gasteiger partial charge in [-0.05, 0) is 24.1 Å². The number of benzene rings is 1. The first-order chi connectivity index (χ1) is 9.22. The van der Waals surface area contributed by atoms with Crippen LogP contribution >= 0.6 is 11.3 Å². The number of nitrogens with zero attached hydrogens (tertiary/aromatic N) is 1. The van der Waals surface area contributed by atoms with Crippen molar-refractivity contribution in [1.29, 1.82) is 0 Å². The van der Waals surface area contributed by atoms with Crippen LogP contribution in [0.4, 0.5) is 5.69 Å². The van der Waals surface area contributed by atoms with Crippen LogP contribution < -0.4 is 5.32 Å². The topological polar surface area (TPSA) is 51.2 Å². The van der Waals surface area contributed by atoms with Crippen LogP contribution in [-0.2, 0) is 17.8 Å². The molecule has 0 unspecified atom stereocenters. The molecule has 5 heteroatoms. The highest BCUT2D eigenvalue weighted by molar-refractivity contribution is 7.13. The van der Waals surface area contributed by atoms with Crippen molar-refractivity contribution in [3.05, 3.63) is 45.9 Å². The van der Waals surface area contributed by atoms with Crippen molar-refractivity contribution in [3.63, 3.8) is 0 Å². The molecule has 1 amide bonds. The number of nitrogens with one attached hydrogen (secondary N) is 1. The van der Waals surface area contributed by atoms with Gasteiger partial charge in [-0.2, -0.15) is 0 Å².